The maximum absolute atomic E-state index is 9.73. The van der Waals surface area contributed by atoms with Crippen LogP contribution in [0.2, 0.25) is 0 Å². The molecule has 0 spiro atoms. The lowest BCUT2D eigenvalue weighted by atomic mass is 10.2. The third-order valence-electron chi connectivity index (χ3n) is 2.47. The van der Waals surface area contributed by atoms with E-state index in [0.717, 1.165) is 8.95 Å². The molecule has 0 atom stereocenters. The van der Waals surface area contributed by atoms with Crippen molar-refractivity contribution in [2.24, 2.45) is 4.99 Å². The van der Waals surface area contributed by atoms with Crippen molar-refractivity contribution in [1.29, 1.82) is 0 Å². The number of halogens is 2. The minimum atomic E-state index is 0.183. The average molecular weight is 385 g/mol. The summed E-state index contributed by atoms with van der Waals surface area (Å²) < 4.78 is 7.06. The van der Waals surface area contributed by atoms with Crippen molar-refractivity contribution in [3.8, 4) is 11.5 Å². The highest BCUT2D eigenvalue weighted by Gasteiger charge is 2.03. The molecule has 98 valence electrons. The maximum Gasteiger partial charge on any atom is 0.145 e. The Hall–Kier alpha value is -1.33. The van der Waals surface area contributed by atoms with Gasteiger partial charge in [0, 0.05) is 20.7 Å². The largest absolute Gasteiger partial charge is 0.507 e. The van der Waals surface area contributed by atoms with Crippen molar-refractivity contribution in [3.05, 3.63) is 50.9 Å². The van der Waals surface area contributed by atoms with Crippen molar-refractivity contribution in [2.75, 3.05) is 7.11 Å². The van der Waals surface area contributed by atoms with Crippen molar-refractivity contribution in [2.45, 2.75) is 0 Å². The number of nitrogens with zero attached hydrogens (tertiary/aromatic N) is 1. The SMILES string of the molecule is COc1cc(Br)ccc1N=Cc1cc(Br)ccc1O. The van der Waals surface area contributed by atoms with Gasteiger partial charge >= 0.3 is 0 Å². The first-order valence-corrected chi connectivity index (χ1v) is 7.05. The molecule has 0 radical (unpaired) electrons. The van der Waals surface area contributed by atoms with Crippen LogP contribution in [0.4, 0.5) is 5.69 Å². The second-order valence-corrected chi connectivity index (χ2v) is 5.61. The molecular weight excluding hydrogens is 374 g/mol. The van der Waals surface area contributed by atoms with E-state index in [0.29, 0.717) is 17.0 Å². The van der Waals surface area contributed by atoms with E-state index in [-0.39, 0.29) is 5.75 Å². The highest BCUT2D eigenvalue weighted by molar-refractivity contribution is 9.10. The number of hydrogen-bond donors (Lipinski definition) is 1. The number of phenolic OH excluding ortho intramolecular Hbond substituents is 1. The van der Waals surface area contributed by atoms with E-state index in [1.165, 1.54) is 0 Å². The van der Waals surface area contributed by atoms with E-state index in [2.05, 4.69) is 36.9 Å². The Kier molecular flexibility index (Phi) is 4.61. The van der Waals surface area contributed by atoms with Gasteiger partial charge in [-0.2, -0.15) is 0 Å². The number of ether oxygens (including phenoxy) is 1. The molecule has 0 aliphatic heterocycles. The van der Waals surface area contributed by atoms with Gasteiger partial charge in [-0.25, -0.2) is 0 Å². The third kappa shape index (κ3) is 3.58. The number of phenols is 1. The fraction of sp³-hybridized carbons (Fsp3) is 0.0714. The van der Waals surface area contributed by atoms with Gasteiger partial charge in [0.15, 0.2) is 0 Å². The highest BCUT2D eigenvalue weighted by Crippen LogP contribution is 2.31. The smallest absolute Gasteiger partial charge is 0.145 e. The summed E-state index contributed by atoms with van der Waals surface area (Å²) in [7, 11) is 1.59. The van der Waals surface area contributed by atoms with E-state index in [4.69, 9.17) is 4.74 Å². The van der Waals surface area contributed by atoms with E-state index in [1.54, 1.807) is 31.5 Å². The zero-order valence-electron chi connectivity index (χ0n) is 10.1. The van der Waals surface area contributed by atoms with Crippen molar-refractivity contribution in [3.63, 3.8) is 0 Å². The molecule has 2 aromatic carbocycles. The lowest BCUT2D eigenvalue weighted by Gasteiger charge is -2.05. The molecule has 0 unspecified atom stereocenters. The van der Waals surface area contributed by atoms with Crippen LogP contribution < -0.4 is 4.74 Å². The minimum Gasteiger partial charge on any atom is -0.507 e. The second kappa shape index (κ2) is 6.21. The van der Waals surface area contributed by atoms with Gasteiger partial charge in [-0.1, -0.05) is 31.9 Å². The quantitative estimate of drug-likeness (QED) is 0.780. The van der Waals surface area contributed by atoms with Gasteiger partial charge < -0.3 is 9.84 Å². The molecule has 0 fully saturated rings. The standard InChI is InChI=1S/C14H11Br2NO2/c1-19-14-7-11(16)2-4-12(14)17-8-9-6-10(15)3-5-13(9)18/h2-8,18H,1H3. The number of methoxy groups -OCH3 is 1. The minimum absolute atomic E-state index is 0.183. The lowest BCUT2D eigenvalue weighted by Crippen LogP contribution is -1.85. The summed E-state index contributed by atoms with van der Waals surface area (Å²) in [4.78, 5) is 4.34. The first-order chi connectivity index (χ1) is 9.10. The number of aromatic hydroxyl groups is 1. The zero-order valence-corrected chi connectivity index (χ0v) is 13.3. The molecule has 0 saturated heterocycles. The number of rotatable bonds is 3. The summed E-state index contributed by atoms with van der Waals surface area (Å²) in [6.45, 7) is 0. The average Bonchev–Trinajstić information content (AvgIpc) is 2.40. The third-order valence-corrected chi connectivity index (χ3v) is 3.46. The summed E-state index contributed by atoms with van der Waals surface area (Å²) in [5.41, 5.74) is 1.34. The molecule has 0 aliphatic carbocycles. The predicted molar refractivity (Wildman–Crippen MR) is 83.8 cm³/mol. The number of aliphatic imine (C=N–C) groups is 1. The molecule has 5 heteroatoms. The molecule has 2 aromatic rings. The summed E-state index contributed by atoms with van der Waals surface area (Å²) >= 11 is 6.73. The van der Waals surface area contributed by atoms with E-state index in [1.807, 2.05) is 18.2 Å². The molecule has 0 aromatic heterocycles. The molecule has 1 N–H and O–H groups in total. The van der Waals surface area contributed by atoms with Gasteiger partial charge in [0.25, 0.3) is 0 Å². The van der Waals surface area contributed by atoms with Gasteiger partial charge in [0.1, 0.15) is 17.2 Å². The highest BCUT2D eigenvalue weighted by atomic mass is 79.9. The Morgan fingerprint density at radius 2 is 1.79 bits per heavy atom. The first kappa shape index (κ1) is 14.1. The Morgan fingerprint density at radius 3 is 2.53 bits per heavy atom. The Bertz CT molecular complexity index is 627. The topological polar surface area (TPSA) is 41.8 Å². The van der Waals surface area contributed by atoms with Crippen molar-refractivity contribution >= 4 is 43.8 Å². The molecule has 0 aliphatic rings. The van der Waals surface area contributed by atoms with E-state index < -0.39 is 0 Å². The Morgan fingerprint density at radius 1 is 1.11 bits per heavy atom. The molecule has 19 heavy (non-hydrogen) atoms. The number of benzene rings is 2. The van der Waals surface area contributed by atoms with Crippen LogP contribution in [0.1, 0.15) is 5.56 Å². The maximum atomic E-state index is 9.73. The molecular formula is C14H11Br2NO2. The van der Waals surface area contributed by atoms with Crippen LogP contribution in [0, 0.1) is 0 Å². The molecule has 3 nitrogen and oxygen atoms in total. The van der Waals surface area contributed by atoms with Gasteiger partial charge in [-0.05, 0) is 36.4 Å². The second-order valence-electron chi connectivity index (χ2n) is 3.78. The van der Waals surface area contributed by atoms with Gasteiger partial charge in [-0.3, -0.25) is 4.99 Å². The molecule has 0 heterocycles. The monoisotopic (exact) mass is 383 g/mol. The summed E-state index contributed by atoms with van der Waals surface area (Å²) in [5.74, 6) is 0.850. The fourth-order valence-electron chi connectivity index (χ4n) is 1.53. The number of hydrogen-bond acceptors (Lipinski definition) is 3. The van der Waals surface area contributed by atoms with Crippen LogP contribution in [0.5, 0.6) is 11.5 Å². The van der Waals surface area contributed by atoms with Crippen LogP contribution in [0.3, 0.4) is 0 Å². The van der Waals surface area contributed by atoms with Gasteiger partial charge in [0.2, 0.25) is 0 Å². The van der Waals surface area contributed by atoms with Crippen LogP contribution in [0.25, 0.3) is 0 Å². The fourth-order valence-corrected chi connectivity index (χ4v) is 2.24. The Labute approximate surface area is 128 Å². The van der Waals surface area contributed by atoms with Gasteiger partial charge in [0.05, 0.1) is 7.11 Å². The predicted octanol–water partition coefficient (Wildman–Crippen LogP) is 4.68. The Balaban J connectivity index is 2.35. The van der Waals surface area contributed by atoms with E-state index >= 15 is 0 Å². The zero-order chi connectivity index (χ0) is 13.8. The lowest BCUT2D eigenvalue weighted by molar-refractivity contribution is 0.416. The summed E-state index contributed by atoms with van der Waals surface area (Å²) in [6.07, 6.45) is 1.60. The molecule has 2 rings (SSSR count). The van der Waals surface area contributed by atoms with Crippen LogP contribution >= 0.6 is 31.9 Å². The van der Waals surface area contributed by atoms with Crippen LogP contribution in [0.15, 0.2) is 50.3 Å². The van der Waals surface area contributed by atoms with Gasteiger partial charge in [-0.15, -0.1) is 0 Å². The summed E-state index contributed by atoms with van der Waals surface area (Å²) in [6, 6.07) is 10.7. The molecule has 0 bridgehead atoms. The van der Waals surface area contributed by atoms with Crippen molar-refractivity contribution in [1.82, 2.24) is 0 Å². The normalized spacial score (nSPS) is 10.9. The summed E-state index contributed by atoms with van der Waals surface area (Å²) in [5, 5.41) is 9.73. The van der Waals surface area contributed by atoms with Crippen molar-refractivity contribution < 1.29 is 9.84 Å². The first-order valence-electron chi connectivity index (χ1n) is 5.46. The van der Waals surface area contributed by atoms with Crippen LogP contribution in [-0.2, 0) is 0 Å². The molecule has 0 saturated carbocycles. The van der Waals surface area contributed by atoms with Crippen LogP contribution in [-0.4, -0.2) is 18.4 Å². The van der Waals surface area contributed by atoms with E-state index in [9.17, 15) is 5.11 Å². The molecule has 0 amide bonds.